The highest BCUT2D eigenvalue weighted by molar-refractivity contribution is 7.89. The van der Waals surface area contributed by atoms with Crippen LogP contribution in [0.4, 0.5) is 5.69 Å². The summed E-state index contributed by atoms with van der Waals surface area (Å²) in [5.74, 6) is 0. The van der Waals surface area contributed by atoms with E-state index in [4.69, 9.17) is 0 Å². The van der Waals surface area contributed by atoms with E-state index in [9.17, 15) is 8.42 Å². The zero-order chi connectivity index (χ0) is 14.4. The summed E-state index contributed by atoms with van der Waals surface area (Å²) < 4.78 is 27.2. The number of anilines is 1. The van der Waals surface area contributed by atoms with Crippen molar-refractivity contribution >= 4 is 15.7 Å². The van der Waals surface area contributed by atoms with Gasteiger partial charge in [-0.05, 0) is 44.5 Å². The largest absolute Gasteiger partial charge is 0.381 e. The maximum Gasteiger partial charge on any atom is 0.242 e. The number of nitrogens with one attached hydrogen (secondary N) is 3. The topological polar surface area (TPSA) is 70.2 Å². The average Bonchev–Trinajstić information content (AvgIpc) is 2.47. The Bertz CT molecular complexity index is 525. The summed E-state index contributed by atoms with van der Waals surface area (Å²) in [5.41, 5.74) is 0.697. The van der Waals surface area contributed by atoms with Crippen LogP contribution in [0.1, 0.15) is 26.2 Å². The van der Waals surface area contributed by atoms with Crippen molar-refractivity contribution in [2.45, 2.75) is 37.1 Å². The van der Waals surface area contributed by atoms with Crippen LogP contribution in [0.15, 0.2) is 29.2 Å². The zero-order valence-electron chi connectivity index (χ0n) is 11.9. The van der Waals surface area contributed by atoms with Gasteiger partial charge in [0.15, 0.2) is 0 Å². The second kappa shape index (κ2) is 7.06. The van der Waals surface area contributed by atoms with Crippen LogP contribution < -0.4 is 15.4 Å². The van der Waals surface area contributed by atoms with E-state index in [1.807, 2.05) is 19.1 Å². The van der Waals surface area contributed by atoms with Crippen molar-refractivity contribution in [2.75, 3.05) is 25.0 Å². The molecular weight excluding hydrogens is 274 g/mol. The molecule has 1 fully saturated rings. The monoisotopic (exact) mass is 297 g/mol. The van der Waals surface area contributed by atoms with Gasteiger partial charge in [0.1, 0.15) is 4.90 Å². The number of benzene rings is 1. The number of rotatable bonds is 6. The van der Waals surface area contributed by atoms with Crippen molar-refractivity contribution in [1.82, 2.24) is 10.0 Å². The van der Waals surface area contributed by atoms with Crippen molar-refractivity contribution < 1.29 is 8.42 Å². The molecule has 6 heteroatoms. The molecule has 0 spiro atoms. The lowest BCUT2D eigenvalue weighted by molar-refractivity contribution is 0.478. The standard InChI is InChI=1S/C14H23N3O2S/c1-2-9-16-20(18,19)14-6-4-3-5-13(14)17-12-7-10-15-11-8-12/h3-6,12,15-17H,2,7-11H2,1H3. The molecule has 0 amide bonds. The first-order valence-electron chi connectivity index (χ1n) is 7.19. The summed E-state index contributed by atoms with van der Waals surface area (Å²) in [4.78, 5) is 0.340. The smallest absolute Gasteiger partial charge is 0.242 e. The number of hydrogen-bond donors (Lipinski definition) is 3. The molecule has 20 heavy (non-hydrogen) atoms. The van der Waals surface area contributed by atoms with Gasteiger partial charge in [-0.15, -0.1) is 0 Å². The third kappa shape index (κ3) is 3.94. The van der Waals surface area contributed by atoms with Gasteiger partial charge >= 0.3 is 0 Å². The van der Waals surface area contributed by atoms with Gasteiger partial charge < -0.3 is 10.6 Å². The predicted octanol–water partition coefficient (Wildman–Crippen LogP) is 1.54. The highest BCUT2D eigenvalue weighted by Gasteiger charge is 2.20. The molecule has 0 aromatic heterocycles. The zero-order valence-corrected chi connectivity index (χ0v) is 12.7. The molecule has 1 aliphatic heterocycles. The Morgan fingerprint density at radius 2 is 1.95 bits per heavy atom. The molecular formula is C14H23N3O2S. The summed E-state index contributed by atoms with van der Waals surface area (Å²) in [7, 11) is -3.43. The van der Waals surface area contributed by atoms with E-state index < -0.39 is 10.0 Å². The van der Waals surface area contributed by atoms with Crippen molar-refractivity contribution in [1.29, 1.82) is 0 Å². The molecule has 0 atom stereocenters. The Morgan fingerprint density at radius 3 is 2.65 bits per heavy atom. The summed E-state index contributed by atoms with van der Waals surface area (Å²) in [5, 5.41) is 6.68. The van der Waals surface area contributed by atoms with Gasteiger partial charge in [0.2, 0.25) is 10.0 Å². The van der Waals surface area contributed by atoms with Gasteiger partial charge in [0.25, 0.3) is 0 Å². The molecule has 0 aliphatic carbocycles. The molecule has 1 aliphatic rings. The Morgan fingerprint density at radius 1 is 1.25 bits per heavy atom. The van der Waals surface area contributed by atoms with Gasteiger partial charge in [-0.2, -0.15) is 0 Å². The number of para-hydroxylation sites is 1. The van der Waals surface area contributed by atoms with E-state index in [-0.39, 0.29) is 0 Å². The summed E-state index contributed by atoms with van der Waals surface area (Å²) in [6.07, 6.45) is 2.80. The van der Waals surface area contributed by atoms with Crippen LogP contribution in [0.2, 0.25) is 0 Å². The normalized spacial score (nSPS) is 17.1. The minimum Gasteiger partial charge on any atom is -0.381 e. The highest BCUT2D eigenvalue weighted by Crippen LogP contribution is 2.23. The van der Waals surface area contributed by atoms with Crippen molar-refractivity contribution in [3.8, 4) is 0 Å². The van der Waals surface area contributed by atoms with Gasteiger partial charge in [-0.25, -0.2) is 13.1 Å². The molecule has 112 valence electrons. The third-order valence-corrected chi connectivity index (χ3v) is 4.94. The minimum atomic E-state index is -3.43. The van der Waals surface area contributed by atoms with E-state index in [1.165, 1.54) is 0 Å². The number of sulfonamides is 1. The highest BCUT2D eigenvalue weighted by atomic mass is 32.2. The first-order valence-corrected chi connectivity index (χ1v) is 8.68. The minimum absolute atomic E-state index is 0.332. The SMILES string of the molecule is CCCNS(=O)(=O)c1ccccc1NC1CCNCC1. The van der Waals surface area contributed by atoms with Crippen molar-refractivity contribution in [2.24, 2.45) is 0 Å². The molecule has 1 aromatic carbocycles. The van der Waals surface area contributed by atoms with E-state index >= 15 is 0 Å². The van der Waals surface area contributed by atoms with E-state index in [2.05, 4.69) is 15.4 Å². The van der Waals surface area contributed by atoms with Gasteiger partial charge in [-0.3, -0.25) is 0 Å². The number of piperidine rings is 1. The predicted molar refractivity (Wildman–Crippen MR) is 81.4 cm³/mol. The van der Waals surface area contributed by atoms with Crippen LogP contribution in [0.25, 0.3) is 0 Å². The first kappa shape index (κ1) is 15.3. The van der Waals surface area contributed by atoms with Crippen LogP contribution in [-0.4, -0.2) is 34.1 Å². The van der Waals surface area contributed by atoms with Crippen LogP contribution in [0.5, 0.6) is 0 Å². The molecule has 0 radical (unpaired) electrons. The van der Waals surface area contributed by atoms with E-state index in [1.54, 1.807) is 12.1 Å². The van der Waals surface area contributed by atoms with Crippen LogP contribution in [0.3, 0.4) is 0 Å². The molecule has 1 saturated heterocycles. The van der Waals surface area contributed by atoms with Gasteiger partial charge in [-0.1, -0.05) is 19.1 Å². The molecule has 1 aromatic rings. The fraction of sp³-hybridized carbons (Fsp3) is 0.571. The second-order valence-corrected chi connectivity index (χ2v) is 6.80. The van der Waals surface area contributed by atoms with Crippen LogP contribution >= 0.6 is 0 Å². The summed E-state index contributed by atoms with van der Waals surface area (Å²) >= 11 is 0. The average molecular weight is 297 g/mol. The van der Waals surface area contributed by atoms with E-state index in [0.717, 1.165) is 32.4 Å². The maximum absolute atomic E-state index is 12.3. The number of hydrogen-bond acceptors (Lipinski definition) is 4. The van der Waals surface area contributed by atoms with Crippen LogP contribution in [-0.2, 0) is 10.0 Å². The quantitative estimate of drug-likeness (QED) is 0.745. The Hall–Kier alpha value is -1.11. The van der Waals surface area contributed by atoms with Crippen LogP contribution in [0, 0.1) is 0 Å². The second-order valence-electron chi connectivity index (χ2n) is 5.06. The van der Waals surface area contributed by atoms with Crippen molar-refractivity contribution in [3.63, 3.8) is 0 Å². The van der Waals surface area contributed by atoms with E-state index in [0.29, 0.717) is 23.2 Å². The Balaban J connectivity index is 2.17. The lowest BCUT2D eigenvalue weighted by Crippen LogP contribution is -2.36. The molecule has 0 unspecified atom stereocenters. The summed E-state index contributed by atoms with van der Waals surface area (Å²) in [6, 6.07) is 7.44. The van der Waals surface area contributed by atoms with Gasteiger partial charge in [0, 0.05) is 12.6 Å². The first-order chi connectivity index (χ1) is 9.63. The fourth-order valence-electron chi connectivity index (χ4n) is 2.32. The summed E-state index contributed by atoms with van der Waals surface area (Å²) in [6.45, 7) is 4.35. The van der Waals surface area contributed by atoms with Crippen molar-refractivity contribution in [3.05, 3.63) is 24.3 Å². The molecule has 0 bridgehead atoms. The molecule has 1 heterocycles. The lowest BCUT2D eigenvalue weighted by Gasteiger charge is -2.25. The van der Waals surface area contributed by atoms with Gasteiger partial charge in [0.05, 0.1) is 5.69 Å². The Labute approximate surface area is 121 Å². The molecule has 3 N–H and O–H groups in total. The fourth-order valence-corrected chi connectivity index (χ4v) is 3.62. The lowest BCUT2D eigenvalue weighted by atomic mass is 10.1. The molecule has 2 rings (SSSR count). The maximum atomic E-state index is 12.3. The molecule has 0 saturated carbocycles. The molecule has 5 nitrogen and oxygen atoms in total. The third-order valence-electron chi connectivity index (χ3n) is 3.42. The Kier molecular flexibility index (Phi) is 5.39.